The van der Waals surface area contributed by atoms with E-state index in [0.29, 0.717) is 18.5 Å². The highest BCUT2D eigenvalue weighted by molar-refractivity contribution is 5.78. The highest BCUT2D eigenvalue weighted by atomic mass is 16.2. The molecule has 0 spiro atoms. The molecule has 9 heteroatoms. The molecule has 2 amide bonds. The molecule has 9 nitrogen and oxygen atoms in total. The van der Waals surface area contributed by atoms with Gasteiger partial charge in [-0.2, -0.15) is 0 Å². The molecule has 37 heavy (non-hydrogen) atoms. The van der Waals surface area contributed by atoms with Crippen molar-refractivity contribution < 1.29 is 14.4 Å². The zero-order valence-corrected chi connectivity index (χ0v) is 23.0. The van der Waals surface area contributed by atoms with Crippen LogP contribution in [0.2, 0.25) is 0 Å². The summed E-state index contributed by atoms with van der Waals surface area (Å²) < 4.78 is 0. The lowest BCUT2D eigenvalue weighted by Crippen LogP contribution is -2.42. The van der Waals surface area contributed by atoms with Crippen molar-refractivity contribution in [2.75, 3.05) is 27.2 Å². The fraction of sp³-hybridized carbons (Fsp3) is 0.571. The van der Waals surface area contributed by atoms with E-state index >= 15 is 0 Å². The van der Waals surface area contributed by atoms with Crippen LogP contribution in [0.3, 0.4) is 0 Å². The van der Waals surface area contributed by atoms with Crippen LogP contribution >= 0.6 is 0 Å². The number of amides is 2. The molecular formula is C28H46N6O3. The zero-order chi connectivity index (χ0) is 27.5. The van der Waals surface area contributed by atoms with Crippen molar-refractivity contribution in [2.45, 2.75) is 70.9 Å². The van der Waals surface area contributed by atoms with Crippen molar-refractivity contribution in [3.8, 4) is 0 Å². The minimum absolute atomic E-state index is 0.116. The summed E-state index contributed by atoms with van der Waals surface area (Å²) in [5, 5.41) is 9.02. The maximum atomic E-state index is 11.3. The second kappa shape index (κ2) is 19.0. The number of likely N-dealkylation sites (tertiary alicyclic amines) is 1. The number of imidazole rings is 1. The lowest BCUT2D eigenvalue weighted by molar-refractivity contribution is -0.123. The number of H-pyrrole nitrogens is 1. The number of likely N-dealkylation sites (N-methyl/N-ethyl adjacent to an activating group) is 2. The predicted molar refractivity (Wildman–Crippen MR) is 150 cm³/mol. The van der Waals surface area contributed by atoms with Gasteiger partial charge in [-0.1, -0.05) is 38.0 Å². The molecule has 2 atom stereocenters. The molecule has 0 radical (unpaired) electrons. The summed E-state index contributed by atoms with van der Waals surface area (Å²) in [7, 11) is 3.67. The Morgan fingerprint density at radius 3 is 2.43 bits per heavy atom. The second-order valence-electron chi connectivity index (χ2n) is 9.18. The highest BCUT2D eigenvalue weighted by Gasteiger charge is 2.22. The fourth-order valence-electron chi connectivity index (χ4n) is 4.57. The molecule has 1 aromatic rings. The molecule has 1 aromatic heterocycles. The summed E-state index contributed by atoms with van der Waals surface area (Å²) in [5.74, 6) is 1.67. The lowest BCUT2D eigenvalue weighted by Gasteiger charge is -2.28. The molecule has 2 fully saturated rings. The van der Waals surface area contributed by atoms with Gasteiger partial charge in [0.1, 0.15) is 12.1 Å². The van der Waals surface area contributed by atoms with Gasteiger partial charge in [0.2, 0.25) is 12.3 Å². The summed E-state index contributed by atoms with van der Waals surface area (Å²) in [6, 6.07) is 0.207. The number of rotatable bonds is 10. The van der Waals surface area contributed by atoms with Gasteiger partial charge in [0.15, 0.2) is 0 Å². The summed E-state index contributed by atoms with van der Waals surface area (Å²) in [6.45, 7) is 8.95. The van der Waals surface area contributed by atoms with Crippen molar-refractivity contribution in [1.82, 2.24) is 30.8 Å². The third-order valence-electron chi connectivity index (χ3n) is 6.60. The summed E-state index contributed by atoms with van der Waals surface area (Å²) in [5.41, 5.74) is 2.04. The Labute approximate surface area is 222 Å². The first kappa shape index (κ1) is 31.8. The van der Waals surface area contributed by atoms with Crippen molar-refractivity contribution in [3.63, 3.8) is 0 Å². The van der Waals surface area contributed by atoms with Gasteiger partial charge in [0.25, 0.3) is 0 Å². The molecule has 2 aliphatic rings. The van der Waals surface area contributed by atoms with Crippen LogP contribution in [0.1, 0.15) is 64.6 Å². The number of carbonyl (C=O) groups is 3. The van der Waals surface area contributed by atoms with E-state index in [4.69, 9.17) is 0 Å². The first-order valence-electron chi connectivity index (χ1n) is 13.2. The fourth-order valence-corrected chi connectivity index (χ4v) is 4.57. The van der Waals surface area contributed by atoms with Gasteiger partial charge < -0.3 is 30.6 Å². The average Bonchev–Trinajstić information content (AvgIpc) is 3.62. The molecule has 2 heterocycles. The Morgan fingerprint density at radius 1 is 1.22 bits per heavy atom. The normalized spacial score (nSPS) is 18.9. The molecule has 1 saturated heterocycles. The number of allylic oxidation sites excluding steroid dienone is 4. The molecular weight excluding hydrogens is 468 g/mol. The van der Waals surface area contributed by atoms with Crippen LogP contribution in [0.5, 0.6) is 0 Å². The summed E-state index contributed by atoms with van der Waals surface area (Å²) >= 11 is 0. The van der Waals surface area contributed by atoms with Crippen molar-refractivity contribution in [1.29, 1.82) is 0 Å². The van der Waals surface area contributed by atoms with Crippen LogP contribution < -0.4 is 16.0 Å². The molecule has 1 saturated carbocycles. The summed E-state index contributed by atoms with van der Waals surface area (Å²) in [6.07, 6.45) is 19.2. The molecule has 3 rings (SSSR count). The SMILES string of the molecule is C=C/C=C(NC)\C(=C/C)c1ncc[nH]1.CNCC(=O)NC(C)C1CCCCC1.O=CC1CCCN1C=O. The Balaban J connectivity index is 0.000000285. The van der Waals surface area contributed by atoms with E-state index < -0.39 is 0 Å². The Bertz CT molecular complexity index is 845. The minimum atomic E-state index is -0.137. The third-order valence-corrected chi connectivity index (χ3v) is 6.60. The van der Waals surface area contributed by atoms with Gasteiger partial charge >= 0.3 is 0 Å². The number of carbonyl (C=O) groups excluding carboxylic acids is 3. The highest BCUT2D eigenvalue weighted by Crippen LogP contribution is 2.26. The number of nitrogens with zero attached hydrogens (tertiary/aromatic N) is 2. The minimum Gasteiger partial charge on any atom is -0.388 e. The van der Waals surface area contributed by atoms with E-state index in [0.717, 1.165) is 49.2 Å². The quantitative estimate of drug-likeness (QED) is 0.281. The van der Waals surface area contributed by atoms with Gasteiger partial charge in [-0.3, -0.25) is 9.59 Å². The Kier molecular flexibility index (Phi) is 16.3. The first-order valence-corrected chi connectivity index (χ1v) is 13.2. The number of aromatic amines is 1. The molecule has 206 valence electrons. The lowest BCUT2D eigenvalue weighted by atomic mass is 9.84. The van der Waals surface area contributed by atoms with Gasteiger partial charge in [0, 0.05) is 43.3 Å². The molecule has 0 aromatic carbocycles. The van der Waals surface area contributed by atoms with E-state index in [9.17, 15) is 14.4 Å². The molecule has 0 bridgehead atoms. The van der Waals surface area contributed by atoms with Crippen LogP contribution in [-0.4, -0.2) is 72.7 Å². The topological polar surface area (TPSA) is 119 Å². The first-order chi connectivity index (χ1) is 17.9. The van der Waals surface area contributed by atoms with Crippen molar-refractivity contribution in [3.05, 3.63) is 48.7 Å². The van der Waals surface area contributed by atoms with Gasteiger partial charge in [0.05, 0.1) is 12.6 Å². The molecule has 4 N–H and O–H groups in total. The van der Waals surface area contributed by atoms with Crippen molar-refractivity contribution >= 4 is 24.2 Å². The zero-order valence-electron chi connectivity index (χ0n) is 23.0. The maximum absolute atomic E-state index is 11.3. The number of hydrogen-bond donors (Lipinski definition) is 4. The smallest absolute Gasteiger partial charge is 0.234 e. The van der Waals surface area contributed by atoms with Crippen molar-refractivity contribution in [2.24, 2.45) is 5.92 Å². The Hall–Kier alpha value is -3.20. The largest absolute Gasteiger partial charge is 0.388 e. The third kappa shape index (κ3) is 11.6. The van der Waals surface area contributed by atoms with E-state index in [2.05, 4.69) is 39.4 Å². The van der Waals surface area contributed by atoms with Crippen LogP contribution in [-0.2, 0) is 14.4 Å². The molecule has 1 aliphatic heterocycles. The van der Waals surface area contributed by atoms with Crippen LogP contribution in [0.15, 0.2) is 42.9 Å². The standard InChI is InChI=1S/C11H15N3.C11H22N2O.C6H9NO2/c1-4-6-10(12-3)9(5-2)11-13-7-8-14-11;1-9(13-11(14)8-12-2)10-6-4-3-5-7-10;8-4-6-2-1-3-7(6)5-9/h4-8,12H,1H2,2-3H3,(H,13,14);9-10,12H,3-8H2,1-2H3,(H,13,14);4-6H,1-3H2/b9-5+,10-6+;;. The maximum Gasteiger partial charge on any atom is 0.234 e. The van der Waals surface area contributed by atoms with Crippen LogP contribution in [0.4, 0.5) is 0 Å². The van der Waals surface area contributed by atoms with Gasteiger partial charge in [-0.15, -0.1) is 0 Å². The van der Waals surface area contributed by atoms with Gasteiger partial charge in [-0.05, 0) is 58.6 Å². The predicted octanol–water partition coefficient (Wildman–Crippen LogP) is 3.20. The van der Waals surface area contributed by atoms with E-state index in [-0.39, 0.29) is 11.9 Å². The number of hydrogen-bond acceptors (Lipinski definition) is 6. The summed E-state index contributed by atoms with van der Waals surface area (Å²) in [4.78, 5) is 40.4. The molecule has 2 unspecified atom stereocenters. The van der Waals surface area contributed by atoms with Gasteiger partial charge in [-0.25, -0.2) is 4.98 Å². The average molecular weight is 515 g/mol. The number of aromatic nitrogens is 2. The van der Waals surface area contributed by atoms with E-state index in [1.807, 2.05) is 26.1 Å². The van der Waals surface area contributed by atoms with Crippen LogP contribution in [0.25, 0.3) is 5.57 Å². The number of nitrogens with one attached hydrogen (secondary N) is 4. The number of aldehydes is 1. The monoisotopic (exact) mass is 514 g/mol. The Morgan fingerprint density at radius 2 is 1.95 bits per heavy atom. The molecule has 1 aliphatic carbocycles. The second-order valence-corrected chi connectivity index (χ2v) is 9.18. The van der Waals surface area contributed by atoms with E-state index in [1.54, 1.807) is 25.5 Å². The van der Waals surface area contributed by atoms with E-state index in [1.165, 1.54) is 37.0 Å². The van der Waals surface area contributed by atoms with Crippen LogP contribution in [0, 0.1) is 5.92 Å².